The molecular formula is C22H22Cl2N2O2S2. The predicted molar refractivity (Wildman–Crippen MR) is 128 cm³/mol. The number of fused-ring (bicyclic) bond motifs is 2. The number of hydrogen-bond donors (Lipinski definition) is 2. The molecule has 0 unspecified atom stereocenters. The van der Waals surface area contributed by atoms with Crippen LogP contribution in [0.4, 0.5) is 5.00 Å². The molecule has 0 saturated carbocycles. The van der Waals surface area contributed by atoms with Gasteiger partial charge in [-0.15, -0.1) is 22.7 Å². The summed E-state index contributed by atoms with van der Waals surface area (Å²) in [5.74, 6) is -0.327. The summed E-state index contributed by atoms with van der Waals surface area (Å²) >= 11 is 15.3. The third-order valence-corrected chi connectivity index (χ3v) is 8.82. The summed E-state index contributed by atoms with van der Waals surface area (Å²) < 4.78 is 0.839. The van der Waals surface area contributed by atoms with Crippen LogP contribution in [0.15, 0.2) is 18.2 Å². The van der Waals surface area contributed by atoms with Gasteiger partial charge in [-0.05, 0) is 48.3 Å². The monoisotopic (exact) mass is 480 g/mol. The lowest BCUT2D eigenvalue weighted by molar-refractivity contribution is 0.1000. The van der Waals surface area contributed by atoms with Crippen LogP contribution in [-0.4, -0.2) is 11.8 Å². The molecular weight excluding hydrogens is 459 g/mol. The number of hydrogen-bond acceptors (Lipinski definition) is 4. The predicted octanol–water partition coefficient (Wildman–Crippen LogP) is 6.77. The zero-order valence-electron chi connectivity index (χ0n) is 16.9. The number of benzene rings is 1. The van der Waals surface area contributed by atoms with Crippen molar-refractivity contribution in [2.45, 2.75) is 40.0 Å². The number of carbonyl (C=O) groups excluding carboxylic acids is 2. The van der Waals surface area contributed by atoms with Crippen molar-refractivity contribution in [1.82, 2.24) is 0 Å². The average molecular weight is 481 g/mol. The van der Waals surface area contributed by atoms with Gasteiger partial charge in [-0.25, -0.2) is 0 Å². The van der Waals surface area contributed by atoms with Crippen molar-refractivity contribution in [2.75, 3.05) is 5.32 Å². The molecule has 0 bridgehead atoms. The van der Waals surface area contributed by atoms with Crippen LogP contribution in [0.1, 0.15) is 57.7 Å². The molecule has 2 aromatic heterocycles. The molecule has 30 heavy (non-hydrogen) atoms. The maximum absolute atomic E-state index is 13.0. The second kappa shape index (κ2) is 7.83. The van der Waals surface area contributed by atoms with E-state index in [9.17, 15) is 9.59 Å². The van der Waals surface area contributed by atoms with E-state index in [-0.39, 0.29) is 11.3 Å². The lowest BCUT2D eigenvalue weighted by Gasteiger charge is -2.33. The van der Waals surface area contributed by atoms with Gasteiger partial charge in [0.1, 0.15) is 9.88 Å². The number of halogens is 2. The Labute approximate surface area is 193 Å². The zero-order chi connectivity index (χ0) is 21.8. The van der Waals surface area contributed by atoms with Gasteiger partial charge in [0.05, 0.1) is 10.6 Å². The van der Waals surface area contributed by atoms with E-state index in [0.717, 1.165) is 39.8 Å². The summed E-state index contributed by atoms with van der Waals surface area (Å²) in [6.45, 7) is 6.72. The number of amides is 2. The number of anilines is 1. The summed E-state index contributed by atoms with van der Waals surface area (Å²) in [4.78, 5) is 26.8. The number of rotatable bonds is 3. The Morgan fingerprint density at radius 1 is 1.20 bits per heavy atom. The van der Waals surface area contributed by atoms with Gasteiger partial charge in [0.25, 0.3) is 11.8 Å². The Morgan fingerprint density at radius 2 is 1.93 bits per heavy atom. The molecule has 3 aromatic rings. The summed E-state index contributed by atoms with van der Waals surface area (Å²) in [6.07, 6.45) is 2.69. The molecule has 1 aliphatic rings. The van der Waals surface area contributed by atoms with Crippen molar-refractivity contribution >= 4 is 72.8 Å². The van der Waals surface area contributed by atoms with Crippen molar-refractivity contribution in [3.63, 3.8) is 0 Å². The van der Waals surface area contributed by atoms with Gasteiger partial charge in [0.15, 0.2) is 0 Å². The molecule has 1 aromatic carbocycles. The van der Waals surface area contributed by atoms with Gasteiger partial charge in [-0.3, -0.25) is 9.59 Å². The molecule has 158 valence electrons. The maximum Gasteiger partial charge on any atom is 0.267 e. The normalized spacial score (nSPS) is 16.5. The van der Waals surface area contributed by atoms with E-state index in [0.29, 0.717) is 31.4 Å². The van der Waals surface area contributed by atoms with Gasteiger partial charge in [-0.1, -0.05) is 50.0 Å². The molecule has 0 fully saturated rings. The fourth-order valence-electron chi connectivity index (χ4n) is 4.02. The Hall–Kier alpha value is -1.60. The number of thiophene rings is 2. The lowest BCUT2D eigenvalue weighted by Crippen LogP contribution is -2.27. The van der Waals surface area contributed by atoms with Gasteiger partial charge in [0.2, 0.25) is 0 Å². The molecule has 2 amide bonds. The van der Waals surface area contributed by atoms with Crippen molar-refractivity contribution in [3.8, 4) is 0 Å². The Bertz CT molecular complexity index is 1170. The molecule has 4 rings (SSSR count). The highest BCUT2D eigenvalue weighted by molar-refractivity contribution is 7.22. The van der Waals surface area contributed by atoms with Gasteiger partial charge >= 0.3 is 0 Å². The zero-order valence-corrected chi connectivity index (χ0v) is 20.0. The number of primary amides is 1. The average Bonchev–Trinajstić information content (AvgIpc) is 3.17. The van der Waals surface area contributed by atoms with Crippen molar-refractivity contribution < 1.29 is 9.59 Å². The summed E-state index contributed by atoms with van der Waals surface area (Å²) in [6, 6.07) is 5.34. The number of carbonyl (C=O) groups is 2. The molecule has 0 radical (unpaired) electrons. The fourth-order valence-corrected chi connectivity index (χ4v) is 7.03. The third-order valence-electron chi connectivity index (χ3n) is 5.76. The minimum absolute atomic E-state index is 0.184. The fraction of sp³-hybridized carbons (Fsp3) is 0.364. The van der Waals surface area contributed by atoms with Crippen molar-refractivity contribution in [1.29, 1.82) is 0 Å². The molecule has 0 saturated heterocycles. The van der Waals surface area contributed by atoms with E-state index in [1.165, 1.54) is 22.7 Å². The smallest absolute Gasteiger partial charge is 0.267 e. The largest absolute Gasteiger partial charge is 0.365 e. The Morgan fingerprint density at radius 3 is 2.60 bits per heavy atom. The molecule has 4 nitrogen and oxygen atoms in total. The first-order chi connectivity index (χ1) is 14.1. The molecule has 3 N–H and O–H groups in total. The highest BCUT2D eigenvalue weighted by Gasteiger charge is 2.33. The molecule has 2 heterocycles. The van der Waals surface area contributed by atoms with E-state index < -0.39 is 5.91 Å². The van der Waals surface area contributed by atoms with E-state index in [1.807, 2.05) is 0 Å². The van der Waals surface area contributed by atoms with Crippen LogP contribution >= 0.6 is 45.9 Å². The quantitative estimate of drug-likeness (QED) is 0.433. The number of nitrogens with two attached hydrogens (primary N) is 1. The second-order valence-corrected chi connectivity index (χ2v) is 11.7. The SMILES string of the molecule is CC(C)(C)[C@@H]1CCc2c(sc(NC(=O)c3sc4cc(Cl)ccc4c3Cl)c2C(N)=O)C1. The highest BCUT2D eigenvalue weighted by Crippen LogP contribution is 2.45. The summed E-state index contributed by atoms with van der Waals surface area (Å²) in [5.41, 5.74) is 7.31. The Balaban J connectivity index is 1.68. The summed E-state index contributed by atoms with van der Waals surface area (Å²) in [5, 5.41) is 5.18. The molecule has 1 atom stereocenters. The van der Waals surface area contributed by atoms with Gasteiger partial charge < -0.3 is 11.1 Å². The van der Waals surface area contributed by atoms with Gasteiger partial charge in [-0.2, -0.15) is 0 Å². The van der Waals surface area contributed by atoms with E-state index in [4.69, 9.17) is 28.9 Å². The first-order valence-corrected chi connectivity index (χ1v) is 12.1. The minimum Gasteiger partial charge on any atom is -0.365 e. The van der Waals surface area contributed by atoms with Crippen LogP contribution in [0.5, 0.6) is 0 Å². The van der Waals surface area contributed by atoms with Crippen LogP contribution in [0, 0.1) is 11.3 Å². The first-order valence-electron chi connectivity index (χ1n) is 9.69. The molecule has 0 aliphatic heterocycles. The van der Waals surface area contributed by atoms with E-state index in [1.54, 1.807) is 18.2 Å². The van der Waals surface area contributed by atoms with Crippen LogP contribution in [0.2, 0.25) is 10.0 Å². The van der Waals surface area contributed by atoms with Crippen LogP contribution in [0.3, 0.4) is 0 Å². The number of nitrogens with one attached hydrogen (secondary N) is 1. The molecule has 8 heteroatoms. The standard InChI is InChI=1S/C22H22Cl2N2O2S2/c1-22(2,3)10-4-6-12-14(8-10)30-21(16(12)19(25)27)26-20(28)18-17(24)13-7-5-11(23)9-15(13)29-18/h5,7,9-10H,4,6,8H2,1-3H3,(H2,25,27)(H,26,28)/t10-/m1/s1. The first kappa shape index (κ1) is 21.6. The van der Waals surface area contributed by atoms with Crippen molar-refractivity contribution in [3.05, 3.63) is 49.1 Å². The summed E-state index contributed by atoms with van der Waals surface area (Å²) in [7, 11) is 0. The Kier molecular flexibility index (Phi) is 5.64. The van der Waals surface area contributed by atoms with Gasteiger partial charge in [0, 0.05) is 20.0 Å². The highest BCUT2D eigenvalue weighted by atomic mass is 35.5. The van der Waals surface area contributed by atoms with Crippen LogP contribution < -0.4 is 11.1 Å². The lowest BCUT2D eigenvalue weighted by atomic mass is 9.72. The molecule has 0 spiro atoms. The second-order valence-electron chi connectivity index (χ2n) is 8.72. The van der Waals surface area contributed by atoms with E-state index >= 15 is 0 Å². The topological polar surface area (TPSA) is 72.2 Å². The van der Waals surface area contributed by atoms with Crippen molar-refractivity contribution in [2.24, 2.45) is 17.1 Å². The van der Waals surface area contributed by atoms with Crippen LogP contribution in [-0.2, 0) is 12.8 Å². The minimum atomic E-state index is -0.508. The van der Waals surface area contributed by atoms with E-state index in [2.05, 4.69) is 26.1 Å². The maximum atomic E-state index is 13.0. The van der Waals surface area contributed by atoms with Crippen LogP contribution in [0.25, 0.3) is 10.1 Å². The third kappa shape index (κ3) is 3.86. The molecule has 1 aliphatic carbocycles.